The van der Waals surface area contributed by atoms with Gasteiger partial charge in [-0.2, -0.15) is 0 Å². The number of nitrogens with zero attached hydrogens (tertiary/aromatic N) is 2. The summed E-state index contributed by atoms with van der Waals surface area (Å²) in [7, 11) is 2.12. The van der Waals surface area contributed by atoms with Crippen LogP contribution in [0.2, 0.25) is 0 Å². The number of thioether (sulfide) groups is 1. The molecule has 5 nitrogen and oxygen atoms in total. The standard InChI is InChI=1S/C21H31N3O2S/c1-4-16-6-8-17(9-7-16)14-22-20(26)18-15-27-21(24(18)19(25)5-2)10-12-23(3)13-11-21/h6-9,18H,4-5,10-15H2,1-3H3,(H,22,26). The van der Waals surface area contributed by atoms with Crippen LogP contribution in [-0.2, 0) is 22.6 Å². The minimum absolute atomic E-state index is 0.0281. The Hall–Kier alpha value is -1.53. The molecule has 1 unspecified atom stereocenters. The Labute approximate surface area is 166 Å². The number of amides is 2. The smallest absolute Gasteiger partial charge is 0.243 e. The molecule has 2 aliphatic rings. The van der Waals surface area contributed by atoms with E-state index in [4.69, 9.17) is 0 Å². The van der Waals surface area contributed by atoms with Gasteiger partial charge in [-0.3, -0.25) is 9.59 Å². The predicted octanol–water partition coefficient (Wildman–Crippen LogP) is 2.64. The van der Waals surface area contributed by atoms with Crippen LogP contribution in [0, 0.1) is 0 Å². The van der Waals surface area contributed by atoms with Crippen LogP contribution < -0.4 is 5.32 Å². The van der Waals surface area contributed by atoms with Gasteiger partial charge in [0.15, 0.2) is 0 Å². The van der Waals surface area contributed by atoms with Crippen LogP contribution >= 0.6 is 11.8 Å². The lowest BCUT2D eigenvalue weighted by Gasteiger charge is -2.44. The first-order valence-electron chi connectivity index (χ1n) is 9.99. The van der Waals surface area contributed by atoms with E-state index >= 15 is 0 Å². The number of nitrogens with one attached hydrogen (secondary N) is 1. The van der Waals surface area contributed by atoms with E-state index in [1.54, 1.807) is 11.8 Å². The van der Waals surface area contributed by atoms with E-state index in [0.29, 0.717) is 18.7 Å². The summed E-state index contributed by atoms with van der Waals surface area (Å²) in [5.41, 5.74) is 2.38. The van der Waals surface area contributed by atoms with Crippen molar-refractivity contribution in [1.82, 2.24) is 15.1 Å². The predicted molar refractivity (Wildman–Crippen MR) is 111 cm³/mol. The third-order valence-corrected chi connectivity index (χ3v) is 7.43. The molecule has 2 saturated heterocycles. The van der Waals surface area contributed by atoms with Gasteiger partial charge < -0.3 is 15.1 Å². The minimum Gasteiger partial charge on any atom is -0.350 e. The van der Waals surface area contributed by atoms with E-state index in [-0.39, 0.29) is 22.7 Å². The largest absolute Gasteiger partial charge is 0.350 e. The zero-order valence-electron chi connectivity index (χ0n) is 16.7. The van der Waals surface area contributed by atoms with Gasteiger partial charge in [-0.25, -0.2) is 0 Å². The zero-order chi connectivity index (χ0) is 19.4. The lowest BCUT2D eigenvalue weighted by atomic mass is 10.00. The number of aryl methyl sites for hydroxylation is 1. The molecule has 0 saturated carbocycles. The molecule has 148 valence electrons. The molecule has 2 fully saturated rings. The Morgan fingerprint density at radius 3 is 2.37 bits per heavy atom. The van der Waals surface area contributed by atoms with Crippen molar-refractivity contribution in [3.63, 3.8) is 0 Å². The van der Waals surface area contributed by atoms with E-state index in [2.05, 4.69) is 48.5 Å². The van der Waals surface area contributed by atoms with Gasteiger partial charge in [-0.1, -0.05) is 38.1 Å². The number of carbonyl (C=O) groups is 2. The average Bonchev–Trinajstić information content (AvgIpc) is 3.07. The number of carbonyl (C=O) groups excluding carboxylic acids is 2. The molecule has 1 aromatic carbocycles. The molecular formula is C21H31N3O2S. The molecule has 6 heteroatoms. The molecule has 2 heterocycles. The second kappa shape index (κ2) is 8.65. The summed E-state index contributed by atoms with van der Waals surface area (Å²) in [5, 5.41) is 3.06. The van der Waals surface area contributed by atoms with Crippen LogP contribution in [0.1, 0.15) is 44.2 Å². The molecule has 0 bridgehead atoms. The molecular weight excluding hydrogens is 358 g/mol. The SMILES string of the molecule is CCC(=O)N1C(C(=O)NCc2ccc(CC)cc2)CSC12CCN(C)CC2. The highest BCUT2D eigenvalue weighted by atomic mass is 32.2. The molecule has 1 N–H and O–H groups in total. The van der Waals surface area contributed by atoms with Gasteiger partial charge in [0.05, 0.1) is 4.87 Å². The fourth-order valence-electron chi connectivity index (χ4n) is 3.98. The Morgan fingerprint density at radius 2 is 1.78 bits per heavy atom. The molecule has 2 amide bonds. The van der Waals surface area contributed by atoms with E-state index in [1.807, 2.05) is 11.8 Å². The van der Waals surface area contributed by atoms with Gasteiger partial charge in [0.1, 0.15) is 6.04 Å². The lowest BCUT2D eigenvalue weighted by molar-refractivity contribution is -0.143. The van der Waals surface area contributed by atoms with Gasteiger partial charge in [0.25, 0.3) is 0 Å². The first-order chi connectivity index (χ1) is 13.0. The Morgan fingerprint density at radius 1 is 1.15 bits per heavy atom. The fraction of sp³-hybridized carbons (Fsp3) is 0.619. The van der Waals surface area contributed by atoms with Gasteiger partial charge in [-0.15, -0.1) is 11.8 Å². The normalized spacial score (nSPS) is 22.2. The highest BCUT2D eigenvalue weighted by molar-refractivity contribution is 8.01. The molecule has 0 aromatic heterocycles. The van der Waals surface area contributed by atoms with Crippen LogP contribution in [0.5, 0.6) is 0 Å². The van der Waals surface area contributed by atoms with Crippen LogP contribution in [0.25, 0.3) is 0 Å². The summed E-state index contributed by atoms with van der Waals surface area (Å²) < 4.78 is 0. The third kappa shape index (κ3) is 4.32. The van der Waals surface area contributed by atoms with E-state index < -0.39 is 0 Å². The minimum atomic E-state index is -0.360. The molecule has 0 radical (unpaired) electrons. The molecule has 1 aromatic rings. The molecule has 1 atom stereocenters. The van der Waals surface area contributed by atoms with Crippen LogP contribution in [0.3, 0.4) is 0 Å². The first kappa shape index (κ1) is 20.2. The lowest BCUT2D eigenvalue weighted by Crippen LogP contribution is -2.57. The molecule has 1 spiro atoms. The van der Waals surface area contributed by atoms with Gasteiger partial charge in [0, 0.05) is 31.8 Å². The molecule has 3 rings (SSSR count). The average molecular weight is 390 g/mol. The van der Waals surface area contributed by atoms with Crippen molar-refractivity contribution < 1.29 is 9.59 Å². The Bertz CT molecular complexity index is 669. The summed E-state index contributed by atoms with van der Waals surface area (Å²) in [6.45, 7) is 6.47. The van der Waals surface area contributed by atoms with Gasteiger partial charge >= 0.3 is 0 Å². The monoisotopic (exact) mass is 389 g/mol. The van der Waals surface area contributed by atoms with Crippen LogP contribution in [-0.4, -0.2) is 58.4 Å². The second-order valence-electron chi connectivity index (χ2n) is 7.58. The second-order valence-corrected chi connectivity index (χ2v) is 8.96. The highest BCUT2D eigenvalue weighted by Crippen LogP contribution is 2.46. The maximum absolute atomic E-state index is 12.9. The molecule has 2 aliphatic heterocycles. The quantitative estimate of drug-likeness (QED) is 0.841. The number of benzene rings is 1. The topological polar surface area (TPSA) is 52.7 Å². The van der Waals surface area contributed by atoms with Gasteiger partial charge in [-0.05, 0) is 37.4 Å². The Kier molecular flexibility index (Phi) is 6.48. The van der Waals surface area contributed by atoms with E-state index in [9.17, 15) is 9.59 Å². The van der Waals surface area contributed by atoms with Gasteiger partial charge in [0.2, 0.25) is 11.8 Å². The summed E-state index contributed by atoms with van der Waals surface area (Å²) in [6.07, 6.45) is 3.32. The van der Waals surface area contributed by atoms with E-state index in [1.165, 1.54) is 5.56 Å². The van der Waals surface area contributed by atoms with Crippen molar-refractivity contribution in [1.29, 1.82) is 0 Å². The summed E-state index contributed by atoms with van der Waals surface area (Å²) in [5.74, 6) is 0.757. The van der Waals surface area contributed by atoms with Crippen molar-refractivity contribution in [2.75, 3.05) is 25.9 Å². The summed E-state index contributed by atoms with van der Waals surface area (Å²) in [4.78, 5) is 29.7. The number of hydrogen-bond acceptors (Lipinski definition) is 4. The van der Waals surface area contributed by atoms with Crippen molar-refractivity contribution >= 4 is 23.6 Å². The maximum Gasteiger partial charge on any atom is 0.243 e. The zero-order valence-corrected chi connectivity index (χ0v) is 17.5. The number of likely N-dealkylation sites (tertiary alicyclic amines) is 1. The van der Waals surface area contributed by atoms with Crippen molar-refractivity contribution in [2.45, 2.75) is 57.0 Å². The van der Waals surface area contributed by atoms with Crippen LogP contribution in [0.4, 0.5) is 0 Å². The molecule has 0 aliphatic carbocycles. The van der Waals surface area contributed by atoms with Crippen molar-refractivity contribution in [2.24, 2.45) is 0 Å². The summed E-state index contributed by atoms with van der Waals surface area (Å²) in [6, 6.07) is 7.98. The van der Waals surface area contributed by atoms with E-state index in [0.717, 1.165) is 37.9 Å². The first-order valence-corrected chi connectivity index (χ1v) is 11.0. The van der Waals surface area contributed by atoms with Crippen molar-refractivity contribution in [3.8, 4) is 0 Å². The maximum atomic E-state index is 12.9. The number of piperidine rings is 1. The number of hydrogen-bond donors (Lipinski definition) is 1. The number of rotatable bonds is 5. The highest BCUT2D eigenvalue weighted by Gasteiger charge is 2.52. The van der Waals surface area contributed by atoms with Crippen molar-refractivity contribution in [3.05, 3.63) is 35.4 Å². The van der Waals surface area contributed by atoms with Crippen LogP contribution in [0.15, 0.2) is 24.3 Å². The third-order valence-electron chi connectivity index (χ3n) is 5.80. The summed E-state index contributed by atoms with van der Waals surface area (Å²) >= 11 is 1.80. The Balaban J connectivity index is 1.68. The fourth-order valence-corrected chi connectivity index (χ4v) is 5.59. The molecule has 27 heavy (non-hydrogen) atoms.